The molecule has 0 unspecified atom stereocenters. The molecule has 0 atom stereocenters. The molecule has 0 radical (unpaired) electrons. The summed E-state index contributed by atoms with van der Waals surface area (Å²) in [5.74, 6) is 0.904. The van der Waals surface area contributed by atoms with Gasteiger partial charge in [-0.3, -0.25) is 5.41 Å². The van der Waals surface area contributed by atoms with Crippen molar-refractivity contribution in [3.05, 3.63) is 29.8 Å². The third-order valence-electron chi connectivity index (χ3n) is 2.81. The van der Waals surface area contributed by atoms with E-state index in [1.807, 2.05) is 32.0 Å². The minimum absolute atomic E-state index is 0.0101. The third-order valence-corrected chi connectivity index (χ3v) is 2.81. The van der Waals surface area contributed by atoms with Crippen LogP contribution < -0.4 is 10.5 Å². The molecule has 4 heteroatoms. The van der Waals surface area contributed by atoms with Gasteiger partial charge < -0.3 is 15.6 Å². The normalized spacial score (nSPS) is 11.2. The van der Waals surface area contributed by atoms with Gasteiger partial charge in [0.1, 0.15) is 5.75 Å². The zero-order valence-corrected chi connectivity index (χ0v) is 10.4. The Kier molecular flexibility index (Phi) is 4.52. The van der Waals surface area contributed by atoms with Gasteiger partial charge in [-0.1, -0.05) is 26.0 Å². The predicted molar refractivity (Wildman–Crippen MR) is 68.2 cm³/mol. The lowest BCUT2D eigenvalue weighted by atomic mass is 9.88. The Labute approximate surface area is 102 Å². The van der Waals surface area contributed by atoms with Crippen LogP contribution in [0.3, 0.4) is 0 Å². The van der Waals surface area contributed by atoms with Crippen LogP contribution in [0.2, 0.25) is 0 Å². The van der Waals surface area contributed by atoms with E-state index in [1.165, 1.54) is 0 Å². The number of aliphatic hydroxyl groups excluding tert-OH is 1. The van der Waals surface area contributed by atoms with E-state index in [-0.39, 0.29) is 17.9 Å². The van der Waals surface area contributed by atoms with Crippen molar-refractivity contribution < 1.29 is 9.84 Å². The van der Waals surface area contributed by atoms with Gasteiger partial charge in [0.15, 0.2) is 0 Å². The molecule has 0 aliphatic carbocycles. The summed E-state index contributed by atoms with van der Waals surface area (Å²) in [4.78, 5) is 0. The van der Waals surface area contributed by atoms with Crippen LogP contribution in [0.1, 0.15) is 25.8 Å². The highest BCUT2D eigenvalue weighted by atomic mass is 16.5. The first-order valence-corrected chi connectivity index (χ1v) is 5.63. The van der Waals surface area contributed by atoms with Gasteiger partial charge in [0, 0.05) is 5.41 Å². The smallest absolute Gasteiger partial charge is 0.119 e. The van der Waals surface area contributed by atoms with E-state index in [0.717, 1.165) is 11.3 Å². The first-order valence-electron chi connectivity index (χ1n) is 5.63. The second kappa shape index (κ2) is 5.68. The zero-order valence-electron chi connectivity index (χ0n) is 10.4. The minimum atomic E-state index is -0.339. The van der Waals surface area contributed by atoms with Crippen molar-refractivity contribution >= 4 is 5.84 Å². The van der Waals surface area contributed by atoms with E-state index in [2.05, 4.69) is 0 Å². The summed E-state index contributed by atoms with van der Waals surface area (Å²) >= 11 is 0. The first kappa shape index (κ1) is 13.5. The van der Waals surface area contributed by atoms with Crippen LogP contribution in [0, 0.1) is 10.8 Å². The predicted octanol–water partition coefficient (Wildman–Crippen LogP) is 1.91. The second-order valence-electron chi connectivity index (χ2n) is 4.70. The maximum absolute atomic E-state index is 8.99. The molecule has 0 spiro atoms. The molecule has 0 heterocycles. The first-order chi connectivity index (χ1) is 7.95. The van der Waals surface area contributed by atoms with Gasteiger partial charge in [-0.05, 0) is 24.1 Å². The summed E-state index contributed by atoms with van der Waals surface area (Å²) in [5, 5.41) is 16.4. The van der Waals surface area contributed by atoms with Gasteiger partial charge in [0.05, 0.1) is 19.0 Å². The lowest BCUT2D eigenvalue weighted by Crippen LogP contribution is -2.32. The average molecular weight is 236 g/mol. The maximum atomic E-state index is 8.99. The summed E-state index contributed by atoms with van der Waals surface area (Å²) in [6.07, 6.45) is 0.686. The molecule has 0 aliphatic heterocycles. The number of hydrogen-bond acceptors (Lipinski definition) is 3. The topological polar surface area (TPSA) is 79.3 Å². The van der Waals surface area contributed by atoms with E-state index < -0.39 is 0 Å². The molecule has 0 aromatic heterocycles. The molecule has 17 heavy (non-hydrogen) atoms. The zero-order chi connectivity index (χ0) is 12.9. The molecule has 94 valence electrons. The number of aliphatic hydroxyl groups is 1. The third kappa shape index (κ3) is 4.07. The lowest BCUT2D eigenvalue weighted by Gasteiger charge is -2.22. The standard InChI is InChI=1S/C13H20N2O2/c1-13(2,12(14)15)6-7-17-11-5-3-4-10(8-11)9-16/h3-5,8,16H,6-7,9H2,1-2H3,(H3,14,15). The SMILES string of the molecule is CC(C)(CCOc1cccc(CO)c1)C(=N)N. The van der Waals surface area contributed by atoms with Crippen molar-refractivity contribution in [1.82, 2.24) is 0 Å². The summed E-state index contributed by atoms with van der Waals surface area (Å²) in [7, 11) is 0. The van der Waals surface area contributed by atoms with Crippen LogP contribution in [0.25, 0.3) is 0 Å². The van der Waals surface area contributed by atoms with Crippen molar-refractivity contribution in [2.45, 2.75) is 26.9 Å². The molecule has 4 N–H and O–H groups in total. The Morgan fingerprint density at radius 3 is 2.76 bits per heavy atom. The quantitative estimate of drug-likeness (QED) is 0.521. The molecular formula is C13H20N2O2. The van der Waals surface area contributed by atoms with Crippen molar-refractivity contribution in [3.8, 4) is 5.75 Å². The van der Waals surface area contributed by atoms with Crippen LogP contribution in [0.15, 0.2) is 24.3 Å². The lowest BCUT2D eigenvalue weighted by molar-refractivity contribution is 0.264. The number of hydrogen-bond donors (Lipinski definition) is 3. The van der Waals surface area contributed by atoms with Gasteiger partial charge in [0.2, 0.25) is 0 Å². The summed E-state index contributed by atoms with van der Waals surface area (Å²) < 4.78 is 5.57. The maximum Gasteiger partial charge on any atom is 0.119 e. The average Bonchev–Trinajstić information content (AvgIpc) is 2.29. The highest BCUT2D eigenvalue weighted by Gasteiger charge is 2.21. The summed E-state index contributed by atoms with van der Waals surface area (Å²) in [5.41, 5.74) is 5.98. The molecule has 0 saturated heterocycles. The van der Waals surface area contributed by atoms with E-state index in [9.17, 15) is 0 Å². The number of rotatable bonds is 6. The number of nitrogens with two attached hydrogens (primary N) is 1. The Morgan fingerprint density at radius 1 is 1.47 bits per heavy atom. The van der Waals surface area contributed by atoms with E-state index in [1.54, 1.807) is 6.07 Å². The molecule has 0 bridgehead atoms. The highest BCUT2D eigenvalue weighted by Crippen LogP contribution is 2.21. The molecule has 0 aliphatic rings. The fourth-order valence-corrected chi connectivity index (χ4v) is 1.29. The molecule has 4 nitrogen and oxygen atoms in total. The second-order valence-corrected chi connectivity index (χ2v) is 4.70. The molecule has 0 amide bonds. The van der Waals surface area contributed by atoms with Gasteiger partial charge in [-0.15, -0.1) is 0 Å². The van der Waals surface area contributed by atoms with Crippen LogP contribution in [0.4, 0.5) is 0 Å². The van der Waals surface area contributed by atoms with E-state index in [4.69, 9.17) is 21.0 Å². The number of amidine groups is 1. The molecular weight excluding hydrogens is 216 g/mol. The van der Waals surface area contributed by atoms with Crippen molar-refractivity contribution in [3.63, 3.8) is 0 Å². The van der Waals surface area contributed by atoms with Crippen molar-refractivity contribution in [2.24, 2.45) is 11.1 Å². The Morgan fingerprint density at radius 2 is 2.18 bits per heavy atom. The molecule has 1 aromatic carbocycles. The van der Waals surface area contributed by atoms with E-state index in [0.29, 0.717) is 13.0 Å². The number of benzene rings is 1. The number of ether oxygens (including phenoxy) is 1. The largest absolute Gasteiger partial charge is 0.494 e. The van der Waals surface area contributed by atoms with Crippen molar-refractivity contribution in [2.75, 3.05) is 6.61 Å². The Balaban J connectivity index is 2.48. The van der Waals surface area contributed by atoms with Gasteiger partial charge in [-0.2, -0.15) is 0 Å². The Bertz CT molecular complexity index is 389. The van der Waals surface area contributed by atoms with Gasteiger partial charge in [0.25, 0.3) is 0 Å². The van der Waals surface area contributed by atoms with E-state index >= 15 is 0 Å². The number of nitrogens with one attached hydrogen (secondary N) is 1. The van der Waals surface area contributed by atoms with Crippen LogP contribution in [0.5, 0.6) is 5.75 Å². The molecule has 0 fully saturated rings. The fourth-order valence-electron chi connectivity index (χ4n) is 1.29. The minimum Gasteiger partial charge on any atom is -0.494 e. The molecule has 1 rings (SSSR count). The molecule has 1 aromatic rings. The highest BCUT2D eigenvalue weighted by molar-refractivity contribution is 5.82. The Hall–Kier alpha value is -1.55. The monoisotopic (exact) mass is 236 g/mol. The van der Waals surface area contributed by atoms with Crippen LogP contribution >= 0.6 is 0 Å². The molecule has 0 saturated carbocycles. The summed E-state index contributed by atoms with van der Waals surface area (Å²) in [6, 6.07) is 7.34. The fraction of sp³-hybridized carbons (Fsp3) is 0.462. The van der Waals surface area contributed by atoms with Crippen molar-refractivity contribution in [1.29, 1.82) is 5.41 Å². The summed E-state index contributed by atoms with van der Waals surface area (Å²) in [6.45, 7) is 4.35. The van der Waals surface area contributed by atoms with Crippen LogP contribution in [-0.4, -0.2) is 17.5 Å². The van der Waals surface area contributed by atoms with Gasteiger partial charge >= 0.3 is 0 Å². The van der Waals surface area contributed by atoms with Gasteiger partial charge in [-0.25, -0.2) is 0 Å². The van der Waals surface area contributed by atoms with Crippen LogP contribution in [-0.2, 0) is 6.61 Å².